The van der Waals surface area contributed by atoms with Crippen molar-refractivity contribution >= 4 is 5.91 Å². The summed E-state index contributed by atoms with van der Waals surface area (Å²) in [5.74, 6) is 1.25. The molecule has 1 N–H and O–H groups in total. The molecule has 2 rings (SSSR count). The molecule has 1 amide bonds. The highest BCUT2D eigenvalue weighted by Gasteiger charge is 2.38. The average Bonchev–Trinajstić information content (AvgIpc) is 2.67. The zero-order valence-corrected chi connectivity index (χ0v) is 11.3. The third-order valence-corrected chi connectivity index (χ3v) is 3.41. The van der Waals surface area contributed by atoms with E-state index in [1.807, 2.05) is 31.3 Å². The molecular weight excluding hydrogens is 228 g/mol. The summed E-state index contributed by atoms with van der Waals surface area (Å²) in [4.78, 5) is 13.9. The third-order valence-electron chi connectivity index (χ3n) is 3.41. The molecule has 0 spiro atoms. The van der Waals surface area contributed by atoms with E-state index in [0.29, 0.717) is 0 Å². The Bertz CT molecular complexity index is 445. The predicted octanol–water partition coefficient (Wildman–Crippen LogP) is 1.78. The van der Waals surface area contributed by atoms with Crippen molar-refractivity contribution < 1.29 is 9.53 Å². The number of amides is 1. The first-order chi connectivity index (χ1) is 8.54. The van der Waals surface area contributed by atoms with Crippen LogP contribution < -0.4 is 10.1 Å². The molecular formula is C14H20N2O2. The van der Waals surface area contributed by atoms with Gasteiger partial charge in [-0.2, -0.15) is 0 Å². The summed E-state index contributed by atoms with van der Waals surface area (Å²) in [6.45, 7) is 4.11. The van der Waals surface area contributed by atoms with Crippen LogP contribution in [-0.2, 0) is 4.79 Å². The molecule has 1 fully saturated rings. The summed E-state index contributed by atoms with van der Waals surface area (Å²) in [5.41, 5.74) is 1.05. The molecule has 2 unspecified atom stereocenters. The number of carbonyl (C=O) groups is 1. The van der Waals surface area contributed by atoms with E-state index < -0.39 is 0 Å². The van der Waals surface area contributed by atoms with Crippen molar-refractivity contribution in [2.45, 2.75) is 26.1 Å². The van der Waals surface area contributed by atoms with Crippen molar-refractivity contribution in [1.29, 1.82) is 0 Å². The summed E-state index contributed by atoms with van der Waals surface area (Å²) < 4.78 is 5.22. The highest BCUT2D eigenvalue weighted by molar-refractivity contribution is 5.84. The van der Waals surface area contributed by atoms with E-state index >= 15 is 0 Å². The summed E-state index contributed by atoms with van der Waals surface area (Å²) in [6, 6.07) is 7.71. The van der Waals surface area contributed by atoms with Crippen molar-refractivity contribution in [2.24, 2.45) is 5.92 Å². The smallest absolute Gasteiger partial charge is 0.241 e. The van der Waals surface area contributed by atoms with Gasteiger partial charge >= 0.3 is 0 Å². The molecule has 1 aliphatic rings. The lowest BCUT2D eigenvalue weighted by Gasteiger charge is -2.20. The number of benzene rings is 1. The van der Waals surface area contributed by atoms with Crippen molar-refractivity contribution in [2.75, 3.05) is 14.2 Å². The molecule has 98 valence electrons. The summed E-state index contributed by atoms with van der Waals surface area (Å²) in [7, 11) is 3.48. The van der Waals surface area contributed by atoms with Gasteiger partial charge in [0.15, 0.2) is 0 Å². The second kappa shape index (κ2) is 4.98. The van der Waals surface area contributed by atoms with Gasteiger partial charge in [-0.25, -0.2) is 0 Å². The quantitative estimate of drug-likeness (QED) is 0.886. The number of hydrogen-bond acceptors (Lipinski definition) is 3. The summed E-state index contributed by atoms with van der Waals surface area (Å²) in [5, 5.41) is 3.38. The van der Waals surface area contributed by atoms with E-state index in [1.54, 1.807) is 12.0 Å². The van der Waals surface area contributed by atoms with Crippen LogP contribution in [0.15, 0.2) is 24.3 Å². The van der Waals surface area contributed by atoms with Gasteiger partial charge in [-0.05, 0) is 23.6 Å². The van der Waals surface area contributed by atoms with Crippen molar-refractivity contribution in [3.63, 3.8) is 0 Å². The molecule has 1 saturated heterocycles. The summed E-state index contributed by atoms with van der Waals surface area (Å²) in [6.07, 6.45) is -0.0694. The maximum absolute atomic E-state index is 12.1. The zero-order chi connectivity index (χ0) is 13.3. The molecule has 4 nitrogen and oxygen atoms in total. The number of rotatable bonds is 3. The maximum atomic E-state index is 12.1. The largest absolute Gasteiger partial charge is 0.497 e. The van der Waals surface area contributed by atoms with Gasteiger partial charge in [-0.3, -0.25) is 10.1 Å². The number of likely N-dealkylation sites (N-methyl/N-ethyl adjacent to an activating group) is 1. The normalized spacial score (nSPS) is 23.8. The Hall–Kier alpha value is -1.55. The standard InChI is InChI=1S/C14H20N2O2/c1-9(2)12-14(17)16(3)13(15-12)10-6-5-7-11(8-10)18-4/h5-9,12-13,15H,1-4H3. The molecule has 1 heterocycles. The van der Waals surface area contributed by atoms with Crippen molar-refractivity contribution in [3.8, 4) is 5.75 Å². The second-order valence-electron chi connectivity index (χ2n) is 5.02. The van der Waals surface area contributed by atoms with Crippen LogP contribution in [0.5, 0.6) is 5.75 Å². The van der Waals surface area contributed by atoms with Gasteiger partial charge < -0.3 is 9.64 Å². The van der Waals surface area contributed by atoms with E-state index in [-0.39, 0.29) is 24.0 Å². The highest BCUT2D eigenvalue weighted by Crippen LogP contribution is 2.28. The molecule has 1 aromatic rings. The minimum Gasteiger partial charge on any atom is -0.497 e. The molecule has 0 bridgehead atoms. The molecule has 0 aromatic heterocycles. The Morgan fingerprint density at radius 2 is 2.11 bits per heavy atom. The Balaban J connectivity index is 2.26. The van der Waals surface area contributed by atoms with Crippen LogP contribution in [0.2, 0.25) is 0 Å². The topological polar surface area (TPSA) is 41.6 Å². The molecule has 2 atom stereocenters. The predicted molar refractivity (Wildman–Crippen MR) is 70.3 cm³/mol. The van der Waals surface area contributed by atoms with Crippen LogP contribution in [0, 0.1) is 5.92 Å². The fraction of sp³-hybridized carbons (Fsp3) is 0.500. The summed E-state index contributed by atoms with van der Waals surface area (Å²) >= 11 is 0. The van der Waals surface area contributed by atoms with E-state index in [0.717, 1.165) is 11.3 Å². The van der Waals surface area contributed by atoms with Crippen LogP contribution in [0.1, 0.15) is 25.6 Å². The van der Waals surface area contributed by atoms with Crippen LogP contribution in [0.4, 0.5) is 0 Å². The minimum absolute atomic E-state index is 0.0694. The lowest BCUT2D eigenvalue weighted by molar-refractivity contribution is -0.129. The monoisotopic (exact) mass is 248 g/mol. The number of nitrogens with one attached hydrogen (secondary N) is 1. The number of methoxy groups -OCH3 is 1. The zero-order valence-electron chi connectivity index (χ0n) is 11.3. The second-order valence-corrected chi connectivity index (χ2v) is 5.02. The van der Waals surface area contributed by atoms with E-state index in [4.69, 9.17) is 4.74 Å². The first-order valence-corrected chi connectivity index (χ1v) is 6.21. The first kappa shape index (κ1) is 12.9. The lowest BCUT2D eigenvalue weighted by Crippen LogP contribution is -2.33. The van der Waals surface area contributed by atoms with E-state index in [2.05, 4.69) is 19.2 Å². The maximum Gasteiger partial charge on any atom is 0.241 e. The Kier molecular flexibility index (Phi) is 3.57. The van der Waals surface area contributed by atoms with Gasteiger partial charge in [0.2, 0.25) is 5.91 Å². The van der Waals surface area contributed by atoms with Gasteiger partial charge in [0.05, 0.1) is 13.2 Å². The van der Waals surface area contributed by atoms with E-state index in [9.17, 15) is 4.79 Å². The number of nitrogens with zero attached hydrogens (tertiary/aromatic N) is 1. The van der Waals surface area contributed by atoms with Crippen LogP contribution in [-0.4, -0.2) is 31.0 Å². The van der Waals surface area contributed by atoms with Crippen LogP contribution in [0.3, 0.4) is 0 Å². The molecule has 0 radical (unpaired) electrons. The van der Waals surface area contributed by atoms with Crippen LogP contribution >= 0.6 is 0 Å². The number of carbonyl (C=O) groups excluding carboxylic acids is 1. The molecule has 4 heteroatoms. The number of hydrogen-bond donors (Lipinski definition) is 1. The fourth-order valence-electron chi connectivity index (χ4n) is 2.31. The van der Waals surface area contributed by atoms with Gasteiger partial charge in [0, 0.05) is 7.05 Å². The average molecular weight is 248 g/mol. The molecule has 0 saturated carbocycles. The molecule has 1 aromatic carbocycles. The van der Waals surface area contributed by atoms with E-state index in [1.165, 1.54) is 0 Å². The van der Waals surface area contributed by atoms with Gasteiger partial charge in [0.25, 0.3) is 0 Å². The van der Waals surface area contributed by atoms with Gasteiger partial charge in [-0.15, -0.1) is 0 Å². The van der Waals surface area contributed by atoms with Crippen molar-refractivity contribution in [3.05, 3.63) is 29.8 Å². The SMILES string of the molecule is COc1cccc(C2NC(C(C)C)C(=O)N2C)c1. The Morgan fingerprint density at radius 3 is 2.67 bits per heavy atom. The highest BCUT2D eigenvalue weighted by atomic mass is 16.5. The number of ether oxygens (including phenoxy) is 1. The van der Waals surface area contributed by atoms with Gasteiger partial charge in [-0.1, -0.05) is 26.0 Å². The Morgan fingerprint density at radius 1 is 1.39 bits per heavy atom. The van der Waals surface area contributed by atoms with Crippen LogP contribution in [0.25, 0.3) is 0 Å². The van der Waals surface area contributed by atoms with Crippen molar-refractivity contribution in [1.82, 2.24) is 10.2 Å². The minimum atomic E-state index is -0.105. The molecule has 1 aliphatic heterocycles. The first-order valence-electron chi connectivity index (χ1n) is 6.21. The van der Waals surface area contributed by atoms with Gasteiger partial charge in [0.1, 0.15) is 11.9 Å². The Labute approximate surface area is 108 Å². The third kappa shape index (κ3) is 2.20. The fourth-order valence-corrected chi connectivity index (χ4v) is 2.31. The molecule has 0 aliphatic carbocycles. The molecule has 18 heavy (non-hydrogen) atoms. The lowest BCUT2D eigenvalue weighted by atomic mass is 10.1.